The Hall–Kier alpha value is -2.24. The number of nitrogens with two attached hydrogens (primary N) is 1. The van der Waals surface area contributed by atoms with Crippen LogP contribution >= 0.6 is 0 Å². The Bertz CT molecular complexity index is 713. The van der Waals surface area contributed by atoms with E-state index in [0.29, 0.717) is 49.4 Å². The lowest BCUT2D eigenvalue weighted by Crippen LogP contribution is -2.53. The second kappa shape index (κ2) is 5.93. The molecule has 1 aromatic carbocycles. The molecule has 2 aliphatic rings. The molecule has 6 heteroatoms. The first-order valence-electron chi connectivity index (χ1n) is 8.69. The molecule has 0 unspecified atom stereocenters. The third-order valence-corrected chi connectivity index (χ3v) is 4.80. The van der Waals surface area contributed by atoms with Gasteiger partial charge in [0, 0.05) is 37.7 Å². The summed E-state index contributed by atoms with van der Waals surface area (Å²) in [4.78, 5) is 26.5. The maximum absolute atomic E-state index is 12.6. The number of amides is 1. The van der Waals surface area contributed by atoms with Crippen molar-refractivity contribution in [1.82, 2.24) is 4.90 Å². The number of carbonyl (C=O) groups excluding carboxylic acids is 2. The number of hydrogen-bond donors (Lipinski definition) is 1. The summed E-state index contributed by atoms with van der Waals surface area (Å²) in [7, 11) is 0. The van der Waals surface area contributed by atoms with Crippen molar-refractivity contribution < 1.29 is 19.1 Å². The number of likely N-dealkylation sites (tertiary alicyclic amines) is 1. The van der Waals surface area contributed by atoms with Crippen molar-refractivity contribution in [2.45, 2.75) is 58.2 Å². The van der Waals surface area contributed by atoms with E-state index >= 15 is 0 Å². The molecule has 0 radical (unpaired) electrons. The summed E-state index contributed by atoms with van der Waals surface area (Å²) in [5, 5.41) is 0. The summed E-state index contributed by atoms with van der Waals surface area (Å²) >= 11 is 0. The smallest absolute Gasteiger partial charge is 0.410 e. The molecular weight excluding hydrogens is 320 g/mol. The first-order valence-corrected chi connectivity index (χ1v) is 8.69. The summed E-state index contributed by atoms with van der Waals surface area (Å²) < 4.78 is 11.6. The number of benzene rings is 1. The molecule has 25 heavy (non-hydrogen) atoms. The van der Waals surface area contributed by atoms with Gasteiger partial charge in [-0.3, -0.25) is 4.79 Å². The van der Waals surface area contributed by atoms with Crippen LogP contribution in [0.15, 0.2) is 12.1 Å². The van der Waals surface area contributed by atoms with E-state index in [0.717, 1.165) is 5.56 Å². The second-order valence-corrected chi connectivity index (χ2v) is 8.06. The zero-order valence-electron chi connectivity index (χ0n) is 15.3. The fraction of sp³-hybridized carbons (Fsp3) is 0.579. The third kappa shape index (κ3) is 3.57. The molecule has 6 nitrogen and oxygen atoms in total. The molecule has 0 aromatic heterocycles. The van der Waals surface area contributed by atoms with E-state index in [9.17, 15) is 9.59 Å². The molecule has 1 saturated heterocycles. The minimum atomic E-state index is -0.551. The van der Waals surface area contributed by atoms with Gasteiger partial charge in [0.05, 0.1) is 12.0 Å². The van der Waals surface area contributed by atoms with E-state index in [4.69, 9.17) is 15.2 Å². The maximum atomic E-state index is 12.6. The number of hydrogen-bond acceptors (Lipinski definition) is 5. The lowest BCUT2D eigenvalue weighted by molar-refractivity contribution is -0.0225. The lowest BCUT2D eigenvalue weighted by Gasteiger charge is -2.44. The van der Waals surface area contributed by atoms with Crippen molar-refractivity contribution in [2.75, 3.05) is 18.8 Å². The fourth-order valence-corrected chi connectivity index (χ4v) is 3.37. The van der Waals surface area contributed by atoms with Crippen molar-refractivity contribution in [1.29, 1.82) is 0 Å². The summed E-state index contributed by atoms with van der Waals surface area (Å²) in [5.74, 6) is 0.639. The topological polar surface area (TPSA) is 81.9 Å². The number of anilines is 1. The van der Waals surface area contributed by atoms with Crippen LogP contribution in [0.2, 0.25) is 0 Å². The van der Waals surface area contributed by atoms with Gasteiger partial charge < -0.3 is 20.1 Å². The molecular formula is C19H26N2O4. The quantitative estimate of drug-likeness (QED) is 0.729. The molecule has 2 aliphatic heterocycles. The number of nitrogen functional groups attached to an aromatic ring is 1. The Morgan fingerprint density at radius 3 is 2.52 bits per heavy atom. The number of ketones is 1. The number of ether oxygens (including phenoxy) is 2. The van der Waals surface area contributed by atoms with Gasteiger partial charge in [-0.05, 0) is 39.3 Å². The monoisotopic (exact) mass is 346 g/mol. The number of carbonyl (C=O) groups is 2. The van der Waals surface area contributed by atoms with Crippen molar-refractivity contribution in [2.24, 2.45) is 0 Å². The summed E-state index contributed by atoms with van der Waals surface area (Å²) in [5.41, 5.74) is 7.00. The standard InChI is InChI=1S/C19H26N2O4/c1-12-9-13-15(22)11-19(24-16(13)10-14(12)20)5-7-21(8-6-19)17(23)25-18(2,3)4/h9-10H,5-8,11,20H2,1-4H3. The predicted octanol–water partition coefficient (Wildman–Crippen LogP) is 3.31. The van der Waals surface area contributed by atoms with E-state index in [1.165, 1.54) is 0 Å². The van der Waals surface area contributed by atoms with Crippen LogP contribution in [-0.2, 0) is 4.74 Å². The van der Waals surface area contributed by atoms with E-state index < -0.39 is 11.2 Å². The average Bonchev–Trinajstić information content (AvgIpc) is 2.48. The van der Waals surface area contributed by atoms with Crippen LogP contribution in [0.4, 0.5) is 10.5 Å². The lowest BCUT2D eigenvalue weighted by atomic mass is 9.82. The van der Waals surface area contributed by atoms with E-state index in [-0.39, 0.29) is 11.9 Å². The van der Waals surface area contributed by atoms with E-state index in [1.54, 1.807) is 17.0 Å². The van der Waals surface area contributed by atoms with Crippen LogP contribution in [-0.4, -0.2) is 41.1 Å². The first-order chi connectivity index (χ1) is 11.6. The van der Waals surface area contributed by atoms with Crippen LogP contribution in [0.3, 0.4) is 0 Å². The number of nitrogens with zero attached hydrogens (tertiary/aromatic N) is 1. The van der Waals surface area contributed by atoms with Crippen LogP contribution in [0.1, 0.15) is 56.0 Å². The molecule has 0 aliphatic carbocycles. The van der Waals surface area contributed by atoms with Gasteiger partial charge in [-0.2, -0.15) is 0 Å². The van der Waals surface area contributed by atoms with E-state index in [1.807, 2.05) is 27.7 Å². The Morgan fingerprint density at radius 1 is 1.28 bits per heavy atom. The largest absolute Gasteiger partial charge is 0.486 e. The molecule has 0 bridgehead atoms. The maximum Gasteiger partial charge on any atom is 0.410 e. The number of piperidine rings is 1. The van der Waals surface area contributed by atoms with Crippen LogP contribution in [0, 0.1) is 6.92 Å². The fourth-order valence-electron chi connectivity index (χ4n) is 3.37. The minimum absolute atomic E-state index is 0.0788. The summed E-state index contributed by atoms with van der Waals surface area (Å²) in [6.45, 7) is 8.46. The highest BCUT2D eigenvalue weighted by atomic mass is 16.6. The van der Waals surface area contributed by atoms with Gasteiger partial charge in [-0.15, -0.1) is 0 Å². The molecule has 1 aromatic rings. The van der Waals surface area contributed by atoms with Crippen LogP contribution < -0.4 is 10.5 Å². The van der Waals surface area contributed by atoms with Gasteiger partial charge in [-0.25, -0.2) is 4.79 Å². The van der Waals surface area contributed by atoms with Crippen LogP contribution in [0.5, 0.6) is 5.75 Å². The van der Waals surface area contributed by atoms with E-state index in [2.05, 4.69) is 0 Å². The average molecular weight is 346 g/mol. The molecule has 3 rings (SSSR count). The minimum Gasteiger partial charge on any atom is -0.486 e. The second-order valence-electron chi connectivity index (χ2n) is 8.06. The summed E-state index contributed by atoms with van der Waals surface area (Å²) in [6, 6.07) is 3.54. The van der Waals surface area contributed by atoms with Gasteiger partial charge in [-0.1, -0.05) is 0 Å². The number of rotatable bonds is 0. The third-order valence-electron chi connectivity index (χ3n) is 4.80. The van der Waals surface area contributed by atoms with Crippen molar-refractivity contribution in [3.05, 3.63) is 23.3 Å². The highest BCUT2D eigenvalue weighted by molar-refractivity contribution is 6.01. The Labute approximate surface area is 148 Å². The first kappa shape index (κ1) is 17.6. The molecule has 1 spiro atoms. The van der Waals surface area contributed by atoms with Crippen molar-refractivity contribution in [3.8, 4) is 5.75 Å². The molecule has 136 valence electrons. The molecule has 2 N–H and O–H groups in total. The normalized spacial score (nSPS) is 19.4. The zero-order chi connectivity index (χ0) is 18.4. The van der Waals surface area contributed by atoms with Gasteiger partial charge in [0.1, 0.15) is 17.0 Å². The highest BCUT2D eigenvalue weighted by Gasteiger charge is 2.44. The summed E-state index contributed by atoms with van der Waals surface area (Å²) in [6.07, 6.45) is 1.23. The number of aryl methyl sites for hydroxylation is 1. The number of Topliss-reactive ketones (excluding diaryl/α,β-unsaturated/α-hetero) is 1. The van der Waals surface area contributed by atoms with Crippen LogP contribution in [0.25, 0.3) is 0 Å². The van der Waals surface area contributed by atoms with Crippen molar-refractivity contribution in [3.63, 3.8) is 0 Å². The highest BCUT2D eigenvalue weighted by Crippen LogP contribution is 2.41. The number of fused-ring (bicyclic) bond motifs is 1. The Balaban J connectivity index is 1.72. The van der Waals surface area contributed by atoms with Gasteiger partial charge in [0.15, 0.2) is 5.78 Å². The molecule has 0 atom stereocenters. The van der Waals surface area contributed by atoms with Crippen molar-refractivity contribution >= 4 is 17.6 Å². The van der Waals surface area contributed by atoms with Gasteiger partial charge in [0.25, 0.3) is 0 Å². The SMILES string of the molecule is Cc1cc2c(cc1N)OC1(CCN(C(=O)OC(C)(C)C)CC1)CC2=O. The molecule has 1 fully saturated rings. The van der Waals surface area contributed by atoms with Gasteiger partial charge in [0.2, 0.25) is 0 Å². The molecule has 2 heterocycles. The Morgan fingerprint density at radius 2 is 1.92 bits per heavy atom. The molecule has 1 amide bonds. The van der Waals surface area contributed by atoms with Gasteiger partial charge >= 0.3 is 6.09 Å². The zero-order valence-corrected chi connectivity index (χ0v) is 15.3. The Kier molecular flexibility index (Phi) is 4.17. The predicted molar refractivity (Wildman–Crippen MR) is 94.9 cm³/mol. The molecule has 0 saturated carbocycles.